The summed E-state index contributed by atoms with van der Waals surface area (Å²) in [5.74, 6) is 0.886. The van der Waals surface area contributed by atoms with Crippen molar-refractivity contribution in [1.82, 2.24) is 0 Å². The Morgan fingerprint density at radius 3 is 2.69 bits per heavy atom. The maximum atomic E-state index is 3.59. The van der Waals surface area contributed by atoms with Crippen molar-refractivity contribution < 1.29 is 0 Å². The molecule has 2 aliphatic rings. The molecule has 1 saturated carbocycles. The number of rotatable bonds is 1. The van der Waals surface area contributed by atoms with Crippen LogP contribution in [0.3, 0.4) is 0 Å². The number of hydrogen-bond donors (Lipinski definition) is 1. The summed E-state index contributed by atoms with van der Waals surface area (Å²) >= 11 is 0. The van der Waals surface area contributed by atoms with Gasteiger partial charge in [-0.25, -0.2) is 0 Å². The summed E-state index contributed by atoms with van der Waals surface area (Å²) in [4.78, 5) is 0. The summed E-state index contributed by atoms with van der Waals surface area (Å²) in [5, 5.41) is 3.59. The van der Waals surface area contributed by atoms with Crippen molar-refractivity contribution in [3.8, 4) is 0 Å². The lowest BCUT2D eigenvalue weighted by Crippen LogP contribution is -2.35. The van der Waals surface area contributed by atoms with Gasteiger partial charge in [0.25, 0.3) is 0 Å². The molecule has 0 spiro atoms. The molecule has 0 radical (unpaired) electrons. The zero-order valence-electron chi connectivity index (χ0n) is 10.1. The predicted octanol–water partition coefficient (Wildman–Crippen LogP) is 3.95. The van der Waals surface area contributed by atoms with E-state index in [1.165, 1.54) is 37.8 Å². The highest BCUT2D eigenvalue weighted by molar-refractivity contribution is 5.60. The van der Waals surface area contributed by atoms with Crippen LogP contribution in [0.1, 0.15) is 44.6 Å². The summed E-state index contributed by atoms with van der Waals surface area (Å²) in [6.07, 6.45) is 7.16. The van der Waals surface area contributed by atoms with E-state index in [-0.39, 0.29) is 0 Å². The Bertz CT molecular complexity index is 379. The van der Waals surface area contributed by atoms with Crippen LogP contribution in [0, 0.1) is 5.92 Å². The number of para-hydroxylation sites is 1. The van der Waals surface area contributed by atoms with Crippen LogP contribution in [-0.2, 0) is 5.41 Å². The van der Waals surface area contributed by atoms with Crippen molar-refractivity contribution in [3.63, 3.8) is 0 Å². The zero-order valence-corrected chi connectivity index (χ0v) is 10.1. The topological polar surface area (TPSA) is 12.0 Å². The molecule has 1 aromatic carbocycles. The first kappa shape index (κ1) is 10.2. The molecule has 1 aromatic rings. The second-order valence-electron chi connectivity index (χ2n) is 5.65. The van der Waals surface area contributed by atoms with Crippen molar-refractivity contribution in [2.24, 2.45) is 5.92 Å². The summed E-state index contributed by atoms with van der Waals surface area (Å²) in [5.41, 5.74) is 3.31. The van der Waals surface area contributed by atoms with Crippen LogP contribution in [0.5, 0.6) is 0 Å². The fourth-order valence-electron chi connectivity index (χ4n) is 3.61. The molecule has 0 saturated heterocycles. The van der Waals surface area contributed by atoms with E-state index >= 15 is 0 Å². The van der Waals surface area contributed by atoms with Gasteiger partial charge in [0.05, 0.1) is 0 Å². The third-order valence-electron chi connectivity index (χ3n) is 4.69. The molecule has 0 bridgehead atoms. The fraction of sp³-hybridized carbons (Fsp3) is 0.600. The first-order valence-electron chi connectivity index (χ1n) is 6.64. The van der Waals surface area contributed by atoms with Gasteiger partial charge in [-0.05, 0) is 30.4 Å². The lowest BCUT2D eigenvalue weighted by Gasteiger charge is -2.37. The highest BCUT2D eigenvalue weighted by atomic mass is 14.9. The van der Waals surface area contributed by atoms with Crippen LogP contribution < -0.4 is 5.32 Å². The third kappa shape index (κ3) is 1.45. The standard InChI is InChI=1S/C15H21N/c1-15(12-7-3-2-4-8-12)11-16-14-10-6-5-9-13(14)15/h5-6,9-10,12,16H,2-4,7-8,11H2,1H3. The van der Waals surface area contributed by atoms with Gasteiger partial charge in [-0.2, -0.15) is 0 Å². The molecule has 16 heavy (non-hydrogen) atoms. The summed E-state index contributed by atoms with van der Waals surface area (Å²) < 4.78 is 0. The average molecular weight is 215 g/mol. The molecule has 1 aliphatic carbocycles. The summed E-state index contributed by atoms with van der Waals surface area (Å²) in [6.45, 7) is 3.60. The van der Waals surface area contributed by atoms with Crippen molar-refractivity contribution in [3.05, 3.63) is 29.8 Å². The highest BCUT2D eigenvalue weighted by Crippen LogP contribution is 2.46. The van der Waals surface area contributed by atoms with E-state index in [0.29, 0.717) is 5.41 Å². The molecule has 1 aliphatic heterocycles. The minimum absolute atomic E-state index is 0.386. The molecule has 0 amide bonds. The summed E-state index contributed by atoms with van der Waals surface area (Å²) in [6, 6.07) is 8.87. The van der Waals surface area contributed by atoms with Crippen LogP contribution in [0.25, 0.3) is 0 Å². The van der Waals surface area contributed by atoms with E-state index in [0.717, 1.165) is 12.5 Å². The third-order valence-corrected chi connectivity index (χ3v) is 4.69. The van der Waals surface area contributed by atoms with Crippen LogP contribution in [0.4, 0.5) is 5.69 Å². The Kier molecular flexibility index (Phi) is 2.42. The predicted molar refractivity (Wildman–Crippen MR) is 68.9 cm³/mol. The van der Waals surface area contributed by atoms with Crippen LogP contribution in [0.15, 0.2) is 24.3 Å². The minimum atomic E-state index is 0.386. The fourth-order valence-corrected chi connectivity index (χ4v) is 3.61. The van der Waals surface area contributed by atoms with E-state index in [4.69, 9.17) is 0 Å². The number of hydrogen-bond acceptors (Lipinski definition) is 1. The maximum absolute atomic E-state index is 3.59. The van der Waals surface area contributed by atoms with E-state index in [1.54, 1.807) is 5.56 Å². The Balaban J connectivity index is 1.94. The number of anilines is 1. The number of nitrogens with one attached hydrogen (secondary N) is 1. The molecule has 86 valence electrons. The van der Waals surface area contributed by atoms with Crippen LogP contribution >= 0.6 is 0 Å². The Labute approximate surface area is 98.3 Å². The van der Waals surface area contributed by atoms with Gasteiger partial charge >= 0.3 is 0 Å². The molecule has 1 heterocycles. The second kappa shape index (κ2) is 3.80. The smallest absolute Gasteiger partial charge is 0.0379 e. The van der Waals surface area contributed by atoms with Gasteiger partial charge in [0.15, 0.2) is 0 Å². The SMILES string of the molecule is CC1(C2CCCCC2)CNc2ccccc21. The van der Waals surface area contributed by atoms with Crippen LogP contribution in [-0.4, -0.2) is 6.54 Å². The van der Waals surface area contributed by atoms with Gasteiger partial charge in [-0.15, -0.1) is 0 Å². The van der Waals surface area contributed by atoms with Gasteiger partial charge in [-0.1, -0.05) is 44.4 Å². The minimum Gasteiger partial charge on any atom is -0.384 e. The Morgan fingerprint density at radius 1 is 1.12 bits per heavy atom. The summed E-state index contributed by atoms with van der Waals surface area (Å²) in [7, 11) is 0. The lowest BCUT2D eigenvalue weighted by atomic mass is 9.67. The molecule has 1 N–H and O–H groups in total. The van der Waals surface area contributed by atoms with E-state index < -0.39 is 0 Å². The molecular weight excluding hydrogens is 194 g/mol. The van der Waals surface area contributed by atoms with Gasteiger partial charge in [0.2, 0.25) is 0 Å². The second-order valence-corrected chi connectivity index (χ2v) is 5.65. The van der Waals surface area contributed by atoms with E-state index in [9.17, 15) is 0 Å². The largest absolute Gasteiger partial charge is 0.384 e. The van der Waals surface area contributed by atoms with E-state index in [2.05, 4.69) is 36.5 Å². The van der Waals surface area contributed by atoms with Gasteiger partial charge < -0.3 is 5.32 Å². The van der Waals surface area contributed by atoms with Crippen molar-refractivity contribution in [2.75, 3.05) is 11.9 Å². The Hall–Kier alpha value is -0.980. The van der Waals surface area contributed by atoms with Crippen molar-refractivity contribution in [1.29, 1.82) is 0 Å². The van der Waals surface area contributed by atoms with E-state index in [1.807, 2.05) is 0 Å². The first-order chi connectivity index (χ1) is 7.81. The first-order valence-corrected chi connectivity index (χ1v) is 6.64. The van der Waals surface area contributed by atoms with Gasteiger partial charge in [0.1, 0.15) is 0 Å². The van der Waals surface area contributed by atoms with Crippen molar-refractivity contribution in [2.45, 2.75) is 44.4 Å². The molecule has 1 atom stereocenters. The number of benzene rings is 1. The maximum Gasteiger partial charge on any atom is 0.0379 e. The molecule has 3 rings (SSSR count). The molecule has 1 nitrogen and oxygen atoms in total. The molecule has 1 fully saturated rings. The monoisotopic (exact) mass is 215 g/mol. The van der Waals surface area contributed by atoms with Gasteiger partial charge in [-0.3, -0.25) is 0 Å². The average Bonchev–Trinajstić information content (AvgIpc) is 2.71. The normalized spacial score (nSPS) is 29.8. The molecule has 1 heteroatoms. The highest BCUT2D eigenvalue weighted by Gasteiger charge is 2.41. The lowest BCUT2D eigenvalue weighted by molar-refractivity contribution is 0.236. The Morgan fingerprint density at radius 2 is 1.88 bits per heavy atom. The quantitative estimate of drug-likeness (QED) is 0.748. The zero-order chi connectivity index (χ0) is 11.0. The molecule has 0 aromatic heterocycles. The molecule has 1 unspecified atom stereocenters. The number of fused-ring (bicyclic) bond motifs is 1. The van der Waals surface area contributed by atoms with Crippen LogP contribution in [0.2, 0.25) is 0 Å². The van der Waals surface area contributed by atoms with Crippen molar-refractivity contribution >= 4 is 5.69 Å². The molecular formula is C15H21N. The van der Waals surface area contributed by atoms with Gasteiger partial charge in [0, 0.05) is 17.6 Å².